The third-order valence-corrected chi connectivity index (χ3v) is 2.41. The molecule has 1 heterocycles. The predicted molar refractivity (Wildman–Crippen MR) is 68.7 cm³/mol. The average molecular weight is 263 g/mol. The van der Waals surface area contributed by atoms with Crippen LogP contribution in [0.1, 0.15) is 11.3 Å². The van der Waals surface area contributed by atoms with Gasteiger partial charge in [-0.25, -0.2) is 9.37 Å². The Labute approximate surface area is 109 Å². The minimum absolute atomic E-state index is 0.0491. The molecule has 4 nitrogen and oxygen atoms in total. The second-order valence-electron chi connectivity index (χ2n) is 3.47. The highest BCUT2D eigenvalue weighted by Crippen LogP contribution is 2.10. The van der Waals surface area contributed by atoms with Crippen molar-refractivity contribution < 1.29 is 9.13 Å². The number of nitrogens with two attached hydrogens (primary N) is 1. The molecule has 18 heavy (non-hydrogen) atoms. The maximum Gasteiger partial charge on any atom is 0.317 e. The quantitative estimate of drug-likeness (QED) is 0.853. The van der Waals surface area contributed by atoms with Crippen LogP contribution in [0.4, 0.5) is 4.39 Å². The zero-order valence-electron chi connectivity index (χ0n) is 9.34. The van der Waals surface area contributed by atoms with E-state index in [-0.39, 0.29) is 23.4 Å². The van der Waals surface area contributed by atoms with Gasteiger partial charge in [0.2, 0.25) is 0 Å². The largest absolute Gasteiger partial charge is 0.458 e. The first kappa shape index (κ1) is 12.4. The molecule has 2 aromatic rings. The second kappa shape index (κ2) is 5.50. The van der Waals surface area contributed by atoms with Crippen LogP contribution in [0, 0.1) is 5.82 Å². The summed E-state index contributed by atoms with van der Waals surface area (Å²) in [6.07, 6.45) is 1.48. The molecule has 0 aliphatic rings. The van der Waals surface area contributed by atoms with Gasteiger partial charge in [-0.1, -0.05) is 30.4 Å². The van der Waals surface area contributed by atoms with Gasteiger partial charge >= 0.3 is 6.01 Å². The van der Waals surface area contributed by atoms with Crippen LogP contribution in [0.2, 0.25) is 0 Å². The summed E-state index contributed by atoms with van der Waals surface area (Å²) in [5, 5.41) is 0. The molecular weight excluding hydrogens is 253 g/mol. The van der Waals surface area contributed by atoms with Gasteiger partial charge in [-0.15, -0.1) is 0 Å². The van der Waals surface area contributed by atoms with Crippen molar-refractivity contribution in [2.24, 2.45) is 5.73 Å². The Morgan fingerprint density at radius 1 is 1.33 bits per heavy atom. The number of ether oxygens (including phenoxy) is 1. The zero-order valence-corrected chi connectivity index (χ0v) is 10.2. The lowest BCUT2D eigenvalue weighted by Gasteiger charge is -2.06. The molecule has 6 heteroatoms. The third-order valence-electron chi connectivity index (χ3n) is 2.20. The van der Waals surface area contributed by atoms with Gasteiger partial charge in [-0.05, 0) is 12.1 Å². The van der Waals surface area contributed by atoms with Crippen molar-refractivity contribution in [2.75, 3.05) is 0 Å². The topological polar surface area (TPSA) is 61.0 Å². The Kier molecular flexibility index (Phi) is 3.78. The smallest absolute Gasteiger partial charge is 0.317 e. The van der Waals surface area contributed by atoms with Crippen molar-refractivity contribution in [3.05, 3.63) is 53.6 Å². The van der Waals surface area contributed by atoms with Gasteiger partial charge in [0.05, 0.1) is 0 Å². The van der Waals surface area contributed by atoms with Crippen molar-refractivity contribution >= 4 is 17.2 Å². The zero-order chi connectivity index (χ0) is 13.0. The minimum atomic E-state index is -0.331. The van der Waals surface area contributed by atoms with Crippen LogP contribution >= 0.6 is 12.2 Å². The summed E-state index contributed by atoms with van der Waals surface area (Å²) in [5.74, 6) is -0.331. The van der Waals surface area contributed by atoms with E-state index in [1.165, 1.54) is 12.3 Å². The van der Waals surface area contributed by atoms with E-state index in [2.05, 4.69) is 9.97 Å². The number of halogens is 1. The lowest BCUT2D eigenvalue weighted by Crippen LogP contribution is -2.12. The summed E-state index contributed by atoms with van der Waals surface area (Å²) in [6.45, 7) is 0.0491. The third kappa shape index (κ3) is 2.98. The molecule has 0 aliphatic carbocycles. The summed E-state index contributed by atoms with van der Waals surface area (Å²) in [6, 6.07) is 8.04. The summed E-state index contributed by atoms with van der Waals surface area (Å²) in [7, 11) is 0. The van der Waals surface area contributed by atoms with Crippen molar-refractivity contribution in [1.29, 1.82) is 0 Å². The summed E-state index contributed by atoms with van der Waals surface area (Å²) in [5.41, 5.74) is 6.29. The highest BCUT2D eigenvalue weighted by Gasteiger charge is 2.05. The Morgan fingerprint density at radius 2 is 2.11 bits per heavy atom. The van der Waals surface area contributed by atoms with E-state index in [9.17, 15) is 4.39 Å². The van der Waals surface area contributed by atoms with Crippen molar-refractivity contribution in [3.63, 3.8) is 0 Å². The highest BCUT2D eigenvalue weighted by molar-refractivity contribution is 7.80. The number of aromatic nitrogens is 2. The monoisotopic (exact) mass is 263 g/mol. The lowest BCUT2D eigenvalue weighted by atomic mass is 10.2. The highest BCUT2D eigenvalue weighted by atomic mass is 32.1. The normalized spacial score (nSPS) is 10.1. The van der Waals surface area contributed by atoms with E-state index < -0.39 is 0 Å². The number of hydrogen-bond acceptors (Lipinski definition) is 4. The molecule has 0 radical (unpaired) electrons. The first-order valence-corrected chi connectivity index (χ1v) is 5.56. The molecule has 0 saturated carbocycles. The molecule has 0 atom stereocenters. The Morgan fingerprint density at radius 3 is 2.83 bits per heavy atom. The standard InChI is InChI=1S/C12H10FN3OS/c13-9-4-2-1-3-8(9)7-17-12-15-6-5-10(16-12)11(14)18/h1-6H,7H2,(H2,14,18). The molecule has 0 aliphatic heterocycles. The van der Waals surface area contributed by atoms with E-state index in [1.54, 1.807) is 24.3 Å². The fourth-order valence-electron chi connectivity index (χ4n) is 1.31. The molecule has 2 rings (SSSR count). The molecule has 0 amide bonds. The number of rotatable bonds is 4. The van der Waals surface area contributed by atoms with Crippen LogP contribution in [0.5, 0.6) is 6.01 Å². The molecule has 92 valence electrons. The van der Waals surface area contributed by atoms with Crippen LogP contribution in [-0.2, 0) is 6.61 Å². The maximum absolute atomic E-state index is 13.3. The minimum Gasteiger partial charge on any atom is -0.458 e. The lowest BCUT2D eigenvalue weighted by molar-refractivity contribution is 0.275. The van der Waals surface area contributed by atoms with Crippen LogP contribution in [0.3, 0.4) is 0 Å². The number of benzene rings is 1. The SMILES string of the molecule is NC(=S)c1ccnc(OCc2ccccc2F)n1. The number of hydrogen-bond donors (Lipinski definition) is 1. The van der Waals surface area contributed by atoms with Gasteiger partial charge in [0.15, 0.2) is 0 Å². The van der Waals surface area contributed by atoms with Gasteiger partial charge in [-0.2, -0.15) is 4.98 Å². The van der Waals surface area contributed by atoms with Crippen molar-refractivity contribution in [1.82, 2.24) is 9.97 Å². The second-order valence-corrected chi connectivity index (χ2v) is 3.91. The van der Waals surface area contributed by atoms with Gasteiger partial charge in [0.1, 0.15) is 23.1 Å². The van der Waals surface area contributed by atoms with E-state index >= 15 is 0 Å². The Bertz CT molecular complexity index is 577. The summed E-state index contributed by atoms with van der Waals surface area (Å²) < 4.78 is 18.6. The average Bonchev–Trinajstić information content (AvgIpc) is 2.38. The van der Waals surface area contributed by atoms with E-state index in [0.29, 0.717) is 11.3 Å². The molecule has 0 fully saturated rings. The van der Waals surface area contributed by atoms with Crippen LogP contribution in [-0.4, -0.2) is 15.0 Å². The van der Waals surface area contributed by atoms with Crippen LogP contribution < -0.4 is 10.5 Å². The molecule has 0 bridgehead atoms. The summed E-state index contributed by atoms with van der Waals surface area (Å²) in [4.78, 5) is 8.05. The van der Waals surface area contributed by atoms with Crippen molar-refractivity contribution in [2.45, 2.75) is 6.61 Å². The predicted octanol–water partition coefficient (Wildman–Crippen LogP) is 1.83. The molecule has 2 N–H and O–H groups in total. The van der Waals surface area contributed by atoms with E-state index in [0.717, 1.165) is 0 Å². The maximum atomic E-state index is 13.3. The van der Waals surface area contributed by atoms with Gasteiger partial charge in [0.25, 0.3) is 0 Å². The van der Waals surface area contributed by atoms with Gasteiger partial charge < -0.3 is 10.5 Å². The summed E-state index contributed by atoms with van der Waals surface area (Å²) >= 11 is 4.79. The Hall–Kier alpha value is -2.08. The number of thiocarbonyl (C=S) groups is 1. The van der Waals surface area contributed by atoms with Crippen LogP contribution in [0.15, 0.2) is 36.5 Å². The Balaban J connectivity index is 2.09. The van der Waals surface area contributed by atoms with Crippen LogP contribution in [0.25, 0.3) is 0 Å². The first-order chi connectivity index (χ1) is 8.66. The molecule has 1 aromatic carbocycles. The fourth-order valence-corrected chi connectivity index (χ4v) is 1.42. The molecular formula is C12H10FN3OS. The van der Waals surface area contributed by atoms with Gasteiger partial charge in [-0.3, -0.25) is 0 Å². The van der Waals surface area contributed by atoms with E-state index in [4.69, 9.17) is 22.7 Å². The van der Waals surface area contributed by atoms with Crippen molar-refractivity contribution in [3.8, 4) is 6.01 Å². The molecule has 0 spiro atoms. The number of nitrogens with zero attached hydrogens (tertiary/aromatic N) is 2. The molecule has 0 unspecified atom stereocenters. The van der Waals surface area contributed by atoms with E-state index in [1.807, 2.05) is 0 Å². The first-order valence-electron chi connectivity index (χ1n) is 5.16. The van der Waals surface area contributed by atoms with Gasteiger partial charge in [0, 0.05) is 11.8 Å². The molecule has 1 aromatic heterocycles. The molecule has 0 saturated heterocycles. The fraction of sp³-hybridized carbons (Fsp3) is 0.0833.